The summed E-state index contributed by atoms with van der Waals surface area (Å²) in [7, 11) is 0. The molecule has 6 nitrogen and oxygen atoms in total. The lowest BCUT2D eigenvalue weighted by Crippen LogP contribution is -2.10. The first kappa shape index (κ1) is 11.3. The molecule has 0 radical (unpaired) electrons. The summed E-state index contributed by atoms with van der Waals surface area (Å²) < 4.78 is 14.8. The predicted molar refractivity (Wildman–Crippen MR) is 56.7 cm³/mol. The lowest BCUT2D eigenvalue weighted by molar-refractivity contribution is 0.103. The van der Waals surface area contributed by atoms with Crippen LogP contribution in [0.25, 0.3) is 0 Å². The van der Waals surface area contributed by atoms with E-state index in [0.717, 1.165) is 6.20 Å². The van der Waals surface area contributed by atoms with Gasteiger partial charge in [-0.05, 0) is 6.07 Å². The van der Waals surface area contributed by atoms with Crippen LogP contribution in [0, 0.1) is 5.82 Å². The largest absolute Gasteiger partial charge is 0.329 e. The molecule has 88 valence electrons. The number of rotatable bonds is 4. The second-order valence-corrected chi connectivity index (χ2v) is 3.34. The van der Waals surface area contributed by atoms with Crippen LogP contribution in [0.3, 0.4) is 0 Å². The molecule has 2 aromatic heterocycles. The molecule has 7 heteroatoms. The monoisotopic (exact) mass is 235 g/mol. The normalized spacial score (nSPS) is 10.5. The molecule has 2 N–H and O–H groups in total. The Hall–Kier alpha value is -2.15. The Kier molecular flexibility index (Phi) is 3.20. The van der Waals surface area contributed by atoms with Crippen LogP contribution in [0.2, 0.25) is 0 Å². The number of nitrogens with zero attached hydrogens (tertiary/aromatic N) is 4. The van der Waals surface area contributed by atoms with E-state index >= 15 is 0 Å². The minimum atomic E-state index is -0.675. The summed E-state index contributed by atoms with van der Waals surface area (Å²) in [5, 5.41) is 7.38. The van der Waals surface area contributed by atoms with Gasteiger partial charge in [0, 0.05) is 12.7 Å². The number of pyridine rings is 1. The maximum atomic E-state index is 13.3. The molecule has 0 saturated heterocycles. The minimum absolute atomic E-state index is 0.0696. The highest BCUT2D eigenvalue weighted by atomic mass is 19.1. The van der Waals surface area contributed by atoms with Crippen LogP contribution in [-0.4, -0.2) is 32.3 Å². The van der Waals surface area contributed by atoms with Crippen LogP contribution in [0.15, 0.2) is 24.7 Å². The lowest BCUT2D eigenvalue weighted by Gasteiger charge is -1.97. The second kappa shape index (κ2) is 4.79. The van der Waals surface area contributed by atoms with Gasteiger partial charge in [0.05, 0.1) is 24.5 Å². The molecule has 17 heavy (non-hydrogen) atoms. The van der Waals surface area contributed by atoms with Crippen molar-refractivity contribution in [1.82, 2.24) is 20.0 Å². The molecule has 0 aliphatic carbocycles. The minimum Gasteiger partial charge on any atom is -0.329 e. The Bertz CT molecular complexity index is 539. The molecule has 0 aromatic carbocycles. The maximum Gasteiger partial charge on any atom is 0.217 e. The fourth-order valence-electron chi connectivity index (χ4n) is 1.34. The lowest BCUT2D eigenvalue weighted by atomic mass is 10.1. The van der Waals surface area contributed by atoms with Gasteiger partial charge in [0.2, 0.25) is 5.78 Å². The Morgan fingerprint density at radius 3 is 3.06 bits per heavy atom. The maximum absolute atomic E-state index is 13.3. The Balaban J connectivity index is 2.28. The average Bonchev–Trinajstić information content (AvgIpc) is 2.78. The first-order valence-electron chi connectivity index (χ1n) is 4.97. The van der Waals surface area contributed by atoms with Gasteiger partial charge >= 0.3 is 0 Å². The summed E-state index contributed by atoms with van der Waals surface area (Å²) in [5.41, 5.74) is 5.36. The van der Waals surface area contributed by atoms with Crippen LogP contribution in [0.5, 0.6) is 0 Å². The van der Waals surface area contributed by atoms with Gasteiger partial charge in [0.15, 0.2) is 11.5 Å². The summed E-state index contributed by atoms with van der Waals surface area (Å²) >= 11 is 0. The van der Waals surface area contributed by atoms with Gasteiger partial charge in [0.1, 0.15) is 0 Å². The number of nitrogens with two attached hydrogens (primary N) is 1. The number of ketones is 1. The summed E-state index contributed by atoms with van der Waals surface area (Å²) in [6.45, 7) is 0.847. The van der Waals surface area contributed by atoms with E-state index in [1.807, 2.05) is 0 Å². The van der Waals surface area contributed by atoms with Crippen LogP contribution < -0.4 is 5.73 Å². The number of aromatic nitrogens is 4. The molecular weight excluding hydrogens is 225 g/mol. The van der Waals surface area contributed by atoms with Crippen molar-refractivity contribution in [2.45, 2.75) is 6.54 Å². The number of carbonyl (C=O) groups is 1. The molecule has 0 spiro atoms. The van der Waals surface area contributed by atoms with Crippen molar-refractivity contribution in [3.8, 4) is 0 Å². The third-order valence-corrected chi connectivity index (χ3v) is 2.15. The third-order valence-electron chi connectivity index (χ3n) is 2.15. The Labute approximate surface area is 96.3 Å². The third kappa shape index (κ3) is 2.34. The van der Waals surface area contributed by atoms with Crippen molar-refractivity contribution < 1.29 is 9.18 Å². The molecule has 2 aromatic rings. The van der Waals surface area contributed by atoms with Gasteiger partial charge in [0.25, 0.3) is 0 Å². The summed E-state index contributed by atoms with van der Waals surface area (Å²) in [5.74, 6) is -1.20. The molecule has 0 saturated carbocycles. The second-order valence-electron chi connectivity index (χ2n) is 3.34. The summed E-state index contributed by atoms with van der Waals surface area (Å²) in [6, 6.07) is 1.31. The SMILES string of the molecule is NCCn1cc(C(=O)c2ccncc2F)nn1. The number of carbonyl (C=O) groups excluding carboxylic acids is 1. The molecule has 0 atom stereocenters. The van der Waals surface area contributed by atoms with E-state index in [2.05, 4.69) is 15.3 Å². The van der Waals surface area contributed by atoms with Crippen molar-refractivity contribution in [3.05, 3.63) is 41.7 Å². The molecular formula is C10H10FN5O. The van der Waals surface area contributed by atoms with E-state index < -0.39 is 11.6 Å². The van der Waals surface area contributed by atoms with Gasteiger partial charge in [-0.25, -0.2) is 4.39 Å². The average molecular weight is 235 g/mol. The van der Waals surface area contributed by atoms with Crippen molar-refractivity contribution in [1.29, 1.82) is 0 Å². The Morgan fingerprint density at radius 2 is 2.35 bits per heavy atom. The van der Waals surface area contributed by atoms with Crippen LogP contribution in [0.1, 0.15) is 16.1 Å². The zero-order valence-corrected chi connectivity index (χ0v) is 8.88. The molecule has 2 rings (SSSR count). The topological polar surface area (TPSA) is 86.7 Å². The highest BCUT2D eigenvalue weighted by Gasteiger charge is 2.16. The quantitative estimate of drug-likeness (QED) is 0.754. The van der Waals surface area contributed by atoms with Gasteiger partial charge in [-0.3, -0.25) is 14.5 Å². The van der Waals surface area contributed by atoms with Crippen molar-refractivity contribution in [3.63, 3.8) is 0 Å². The molecule has 0 aliphatic heterocycles. The first-order chi connectivity index (χ1) is 8.22. The van der Waals surface area contributed by atoms with Crippen LogP contribution >= 0.6 is 0 Å². The standard InChI is InChI=1S/C10H10FN5O/c11-8-5-13-3-1-7(8)10(17)9-6-16(4-2-12)15-14-9/h1,3,5-6H,2,4,12H2. The summed E-state index contributed by atoms with van der Waals surface area (Å²) in [6.07, 6.45) is 3.77. The fraction of sp³-hybridized carbons (Fsp3) is 0.200. The van der Waals surface area contributed by atoms with Gasteiger partial charge in [-0.1, -0.05) is 5.21 Å². The number of hydrogen-bond acceptors (Lipinski definition) is 5. The van der Waals surface area contributed by atoms with E-state index in [4.69, 9.17) is 5.73 Å². The van der Waals surface area contributed by atoms with Gasteiger partial charge < -0.3 is 5.73 Å². The van der Waals surface area contributed by atoms with Crippen molar-refractivity contribution in [2.75, 3.05) is 6.54 Å². The molecule has 2 heterocycles. The summed E-state index contributed by atoms with van der Waals surface area (Å²) in [4.78, 5) is 15.4. The van der Waals surface area contributed by atoms with Gasteiger partial charge in [-0.2, -0.15) is 0 Å². The van der Waals surface area contributed by atoms with Crippen molar-refractivity contribution >= 4 is 5.78 Å². The zero-order valence-electron chi connectivity index (χ0n) is 8.88. The van der Waals surface area contributed by atoms with E-state index in [0.29, 0.717) is 13.1 Å². The van der Waals surface area contributed by atoms with E-state index in [9.17, 15) is 9.18 Å². The van der Waals surface area contributed by atoms with Crippen LogP contribution in [0.4, 0.5) is 4.39 Å². The zero-order chi connectivity index (χ0) is 12.3. The van der Waals surface area contributed by atoms with Crippen LogP contribution in [-0.2, 0) is 6.54 Å². The Morgan fingerprint density at radius 1 is 1.53 bits per heavy atom. The molecule has 0 bridgehead atoms. The highest BCUT2D eigenvalue weighted by molar-refractivity contribution is 6.07. The van der Waals surface area contributed by atoms with Gasteiger partial charge in [-0.15, -0.1) is 5.10 Å². The molecule has 0 unspecified atom stereocenters. The number of hydrogen-bond donors (Lipinski definition) is 1. The van der Waals surface area contributed by atoms with E-state index in [1.54, 1.807) is 0 Å². The molecule has 0 fully saturated rings. The van der Waals surface area contributed by atoms with E-state index in [1.165, 1.54) is 23.1 Å². The smallest absolute Gasteiger partial charge is 0.217 e. The van der Waals surface area contributed by atoms with Crippen molar-refractivity contribution in [2.24, 2.45) is 5.73 Å². The molecule has 0 amide bonds. The number of halogens is 1. The predicted octanol–water partition coefficient (Wildman–Crippen LogP) is 0.00190. The highest BCUT2D eigenvalue weighted by Crippen LogP contribution is 2.09. The molecule has 0 aliphatic rings. The fourth-order valence-corrected chi connectivity index (χ4v) is 1.34. The first-order valence-corrected chi connectivity index (χ1v) is 4.97. The van der Waals surface area contributed by atoms with E-state index in [-0.39, 0.29) is 11.3 Å².